The largest absolute Gasteiger partial charge is 0.488 e. The van der Waals surface area contributed by atoms with Crippen molar-refractivity contribution >= 4 is 17.6 Å². The zero-order valence-electron chi connectivity index (χ0n) is 23.2. The van der Waals surface area contributed by atoms with Gasteiger partial charge in [0, 0.05) is 5.69 Å². The average Bonchev–Trinajstić information content (AvgIpc) is 3.27. The first-order valence-corrected chi connectivity index (χ1v) is 13.2. The van der Waals surface area contributed by atoms with E-state index >= 15 is 0 Å². The molecule has 0 bridgehead atoms. The molecule has 0 spiro atoms. The minimum absolute atomic E-state index is 0.0118. The molecule has 2 atom stereocenters. The van der Waals surface area contributed by atoms with Crippen LogP contribution in [0.1, 0.15) is 58.0 Å². The van der Waals surface area contributed by atoms with Crippen LogP contribution in [0.5, 0.6) is 5.75 Å². The second kappa shape index (κ2) is 11.6. The number of anilines is 1. The van der Waals surface area contributed by atoms with E-state index in [0.29, 0.717) is 22.6 Å². The summed E-state index contributed by atoms with van der Waals surface area (Å²) in [6.45, 7) is 9.12. The number of ether oxygens (including phenoxy) is 3. The molecule has 40 heavy (non-hydrogen) atoms. The third kappa shape index (κ3) is 5.79. The average molecular weight is 553 g/mol. The van der Waals surface area contributed by atoms with Crippen molar-refractivity contribution in [3.8, 4) is 5.75 Å². The number of esters is 2. The van der Waals surface area contributed by atoms with Gasteiger partial charge >= 0.3 is 11.9 Å². The van der Waals surface area contributed by atoms with Crippen LogP contribution in [0.15, 0.2) is 72.8 Å². The van der Waals surface area contributed by atoms with Gasteiger partial charge in [-0.05, 0) is 94.3 Å². The van der Waals surface area contributed by atoms with Crippen LogP contribution in [0.3, 0.4) is 0 Å². The Morgan fingerprint density at radius 2 is 1.27 bits per heavy atom. The van der Waals surface area contributed by atoms with Gasteiger partial charge < -0.3 is 19.1 Å². The highest BCUT2D eigenvalue weighted by Gasteiger charge is 2.64. The Morgan fingerprint density at radius 1 is 0.800 bits per heavy atom. The number of benzene rings is 3. The van der Waals surface area contributed by atoms with E-state index < -0.39 is 46.9 Å². The lowest BCUT2D eigenvalue weighted by Gasteiger charge is -2.35. The minimum Gasteiger partial charge on any atom is -0.488 e. The first kappa shape index (κ1) is 29.0. The SMILES string of the molecule is CCOC(=O)C1(C(=O)OCC)N[C@@H](c2ccc(F)cc2)N(c2ccc(OC(C)(C)C)cc2)[C@H]1c1ccc(F)cc1. The number of carbonyl (C=O) groups excluding carboxylic acids is 2. The van der Waals surface area contributed by atoms with Crippen LogP contribution in [-0.2, 0) is 19.1 Å². The van der Waals surface area contributed by atoms with Gasteiger partial charge in [-0.15, -0.1) is 0 Å². The Kier molecular flexibility index (Phi) is 8.44. The molecule has 0 radical (unpaired) electrons. The van der Waals surface area contributed by atoms with E-state index in [0.717, 1.165) is 0 Å². The third-order valence-electron chi connectivity index (χ3n) is 6.46. The van der Waals surface area contributed by atoms with E-state index in [-0.39, 0.29) is 13.2 Å². The van der Waals surface area contributed by atoms with Crippen LogP contribution in [0.25, 0.3) is 0 Å². The molecule has 1 N–H and O–H groups in total. The fourth-order valence-corrected chi connectivity index (χ4v) is 4.92. The minimum atomic E-state index is -2.04. The van der Waals surface area contributed by atoms with Gasteiger partial charge in [0.1, 0.15) is 29.2 Å². The van der Waals surface area contributed by atoms with Crippen molar-refractivity contribution in [2.24, 2.45) is 0 Å². The first-order chi connectivity index (χ1) is 19.0. The summed E-state index contributed by atoms with van der Waals surface area (Å²) in [5.74, 6) is -1.97. The summed E-state index contributed by atoms with van der Waals surface area (Å²) in [5.41, 5.74) is -0.794. The molecule has 1 aliphatic heterocycles. The lowest BCUT2D eigenvalue weighted by atomic mass is 9.85. The highest BCUT2D eigenvalue weighted by molar-refractivity contribution is 6.07. The normalized spacial score (nSPS) is 18.3. The van der Waals surface area contributed by atoms with Crippen molar-refractivity contribution in [3.05, 3.63) is 95.6 Å². The van der Waals surface area contributed by atoms with Crippen molar-refractivity contribution in [1.29, 1.82) is 0 Å². The predicted octanol–water partition coefficient (Wildman–Crippen LogP) is 5.86. The molecule has 1 aliphatic rings. The number of nitrogens with zero attached hydrogens (tertiary/aromatic N) is 1. The summed E-state index contributed by atoms with van der Waals surface area (Å²) in [7, 11) is 0. The number of carbonyl (C=O) groups is 2. The van der Waals surface area contributed by atoms with Crippen molar-refractivity contribution < 1.29 is 32.6 Å². The van der Waals surface area contributed by atoms with Crippen LogP contribution in [0.2, 0.25) is 0 Å². The molecule has 0 unspecified atom stereocenters. The Hall–Kier alpha value is -3.98. The Balaban J connectivity index is 1.97. The highest BCUT2D eigenvalue weighted by atomic mass is 19.1. The fourth-order valence-electron chi connectivity index (χ4n) is 4.92. The standard InChI is InChI=1S/C31H34F2N2O5/c1-6-38-28(36)31(29(37)39-7-2)26(20-8-12-22(32)13-9-20)35(27(34-31)21-10-14-23(33)15-11-21)24-16-18-25(19-17-24)40-30(3,4)5/h8-19,26-27,34H,6-7H2,1-5H3/t26-,27+/m0/s1. The fraction of sp³-hybridized carbons (Fsp3) is 0.355. The summed E-state index contributed by atoms with van der Waals surface area (Å²) in [4.78, 5) is 29.4. The second-order valence-corrected chi connectivity index (χ2v) is 10.4. The summed E-state index contributed by atoms with van der Waals surface area (Å²) < 4.78 is 44.9. The predicted molar refractivity (Wildman–Crippen MR) is 147 cm³/mol. The summed E-state index contributed by atoms with van der Waals surface area (Å²) >= 11 is 0. The molecule has 0 aliphatic carbocycles. The van der Waals surface area contributed by atoms with E-state index in [9.17, 15) is 18.4 Å². The maximum atomic E-state index is 14.0. The lowest BCUT2D eigenvalue weighted by molar-refractivity contribution is -0.166. The second-order valence-electron chi connectivity index (χ2n) is 10.4. The quantitative estimate of drug-likeness (QED) is 0.277. The Labute approximate surface area is 233 Å². The molecule has 7 nitrogen and oxygen atoms in total. The smallest absolute Gasteiger partial charge is 0.340 e. The molecular formula is C31H34F2N2O5. The van der Waals surface area contributed by atoms with Crippen LogP contribution in [-0.4, -0.2) is 36.3 Å². The molecule has 0 aromatic heterocycles. The van der Waals surface area contributed by atoms with E-state index in [2.05, 4.69) is 5.32 Å². The van der Waals surface area contributed by atoms with E-state index in [1.807, 2.05) is 37.8 Å². The number of nitrogens with one attached hydrogen (secondary N) is 1. The van der Waals surface area contributed by atoms with E-state index in [1.54, 1.807) is 38.1 Å². The number of hydrogen-bond donors (Lipinski definition) is 1. The number of rotatable bonds is 8. The van der Waals surface area contributed by atoms with Gasteiger partial charge in [0.15, 0.2) is 0 Å². The zero-order chi connectivity index (χ0) is 29.1. The van der Waals surface area contributed by atoms with Gasteiger partial charge in [0.05, 0.1) is 19.3 Å². The van der Waals surface area contributed by atoms with E-state index in [1.165, 1.54) is 36.4 Å². The Morgan fingerprint density at radius 3 is 1.73 bits per heavy atom. The number of hydrogen-bond acceptors (Lipinski definition) is 7. The van der Waals surface area contributed by atoms with Crippen molar-refractivity contribution in [2.45, 2.75) is 58.0 Å². The van der Waals surface area contributed by atoms with Gasteiger partial charge in [0.25, 0.3) is 0 Å². The molecule has 0 amide bonds. The van der Waals surface area contributed by atoms with Crippen LogP contribution >= 0.6 is 0 Å². The summed E-state index contributed by atoms with van der Waals surface area (Å²) in [6.07, 6.45) is -0.807. The molecule has 3 aromatic rings. The highest BCUT2D eigenvalue weighted by Crippen LogP contribution is 2.49. The van der Waals surface area contributed by atoms with Crippen molar-refractivity contribution in [2.75, 3.05) is 18.1 Å². The molecule has 3 aromatic carbocycles. The van der Waals surface area contributed by atoms with Gasteiger partial charge in [-0.25, -0.2) is 18.4 Å². The van der Waals surface area contributed by atoms with Crippen molar-refractivity contribution in [1.82, 2.24) is 5.32 Å². The van der Waals surface area contributed by atoms with Gasteiger partial charge in [-0.3, -0.25) is 5.32 Å². The lowest BCUT2D eigenvalue weighted by Crippen LogP contribution is -2.60. The van der Waals surface area contributed by atoms with Gasteiger partial charge in [-0.1, -0.05) is 24.3 Å². The topological polar surface area (TPSA) is 77.1 Å². The third-order valence-corrected chi connectivity index (χ3v) is 6.46. The molecule has 1 saturated heterocycles. The molecule has 4 rings (SSSR count). The van der Waals surface area contributed by atoms with Gasteiger partial charge in [-0.2, -0.15) is 0 Å². The maximum Gasteiger partial charge on any atom is 0.340 e. The number of halogens is 2. The van der Waals surface area contributed by atoms with Crippen LogP contribution in [0.4, 0.5) is 14.5 Å². The molecule has 0 saturated carbocycles. The molecular weight excluding hydrogens is 518 g/mol. The summed E-state index contributed by atoms with van der Waals surface area (Å²) in [6, 6.07) is 17.5. The Bertz CT molecular complexity index is 1300. The first-order valence-electron chi connectivity index (χ1n) is 13.2. The zero-order valence-corrected chi connectivity index (χ0v) is 23.2. The van der Waals surface area contributed by atoms with Crippen LogP contribution < -0.4 is 15.0 Å². The van der Waals surface area contributed by atoms with Gasteiger partial charge in [0.2, 0.25) is 5.54 Å². The van der Waals surface area contributed by atoms with Crippen LogP contribution in [0, 0.1) is 11.6 Å². The monoisotopic (exact) mass is 552 g/mol. The molecule has 9 heteroatoms. The van der Waals surface area contributed by atoms with E-state index in [4.69, 9.17) is 14.2 Å². The maximum absolute atomic E-state index is 14.0. The van der Waals surface area contributed by atoms with Crippen molar-refractivity contribution in [3.63, 3.8) is 0 Å². The molecule has 1 fully saturated rings. The molecule has 212 valence electrons. The molecule has 1 heterocycles. The summed E-state index contributed by atoms with van der Waals surface area (Å²) in [5, 5.41) is 3.20.